The van der Waals surface area contributed by atoms with Crippen LogP contribution in [0.25, 0.3) is 0 Å². The van der Waals surface area contributed by atoms with Crippen LogP contribution in [-0.4, -0.2) is 28.6 Å². The Labute approximate surface area is 139 Å². The maximum Gasteiger partial charge on any atom is 0.426 e. The summed E-state index contributed by atoms with van der Waals surface area (Å²) in [5, 5.41) is 11.3. The third-order valence-electron chi connectivity index (χ3n) is 3.81. The SMILES string of the molecule is C[C@](O)(C(=O)Nc1ccc2c(c1)C(=O)c1occc1CO2)C(F)(F)F. The van der Waals surface area contributed by atoms with Crippen LogP contribution in [0, 0.1) is 0 Å². The molecule has 0 unspecified atom stereocenters. The van der Waals surface area contributed by atoms with E-state index in [1.807, 2.05) is 5.32 Å². The smallest absolute Gasteiger partial charge is 0.426 e. The van der Waals surface area contributed by atoms with Crippen molar-refractivity contribution in [2.45, 2.75) is 25.3 Å². The molecule has 2 heterocycles. The highest BCUT2D eigenvalue weighted by molar-refractivity contribution is 6.11. The molecule has 132 valence electrons. The summed E-state index contributed by atoms with van der Waals surface area (Å²) in [6.07, 6.45) is -3.83. The average molecular weight is 355 g/mol. The van der Waals surface area contributed by atoms with Crippen molar-refractivity contribution in [2.75, 3.05) is 5.32 Å². The number of rotatable bonds is 2. The Morgan fingerprint density at radius 1 is 1.28 bits per heavy atom. The van der Waals surface area contributed by atoms with Gasteiger partial charge in [-0.25, -0.2) is 0 Å². The number of carbonyl (C=O) groups is 2. The molecule has 0 saturated heterocycles. The number of ether oxygens (including phenoxy) is 1. The second-order valence-corrected chi connectivity index (χ2v) is 5.63. The van der Waals surface area contributed by atoms with Gasteiger partial charge in [0.25, 0.3) is 5.91 Å². The molecule has 6 nitrogen and oxygen atoms in total. The van der Waals surface area contributed by atoms with E-state index in [9.17, 15) is 27.9 Å². The number of hydrogen-bond donors (Lipinski definition) is 2. The van der Waals surface area contributed by atoms with Crippen LogP contribution in [0.3, 0.4) is 0 Å². The standard InChI is InChI=1S/C16H12F3NO5/c1-15(23,16(17,18)19)14(22)20-9-2-3-11-10(6-9)12(21)13-8(7-25-11)4-5-24-13/h2-6,23H,7H2,1H3,(H,20,22)/t15-/m0/s1. The van der Waals surface area contributed by atoms with E-state index in [0.29, 0.717) is 12.5 Å². The van der Waals surface area contributed by atoms with Gasteiger partial charge in [-0.3, -0.25) is 9.59 Å². The van der Waals surface area contributed by atoms with Crippen molar-refractivity contribution in [3.63, 3.8) is 0 Å². The van der Waals surface area contributed by atoms with Crippen LogP contribution < -0.4 is 10.1 Å². The lowest BCUT2D eigenvalue weighted by molar-refractivity contribution is -0.242. The fraction of sp³-hybridized carbons (Fsp3) is 0.250. The molecule has 0 saturated carbocycles. The fourth-order valence-corrected chi connectivity index (χ4v) is 2.22. The molecule has 2 N–H and O–H groups in total. The van der Waals surface area contributed by atoms with E-state index in [4.69, 9.17) is 9.15 Å². The molecular formula is C16H12F3NO5. The number of amides is 1. The molecule has 0 bridgehead atoms. The number of aliphatic hydroxyl groups is 1. The minimum absolute atomic E-state index is 0.0261. The van der Waals surface area contributed by atoms with Crippen LogP contribution in [0.4, 0.5) is 18.9 Å². The Balaban J connectivity index is 1.91. The fourth-order valence-electron chi connectivity index (χ4n) is 2.22. The number of alkyl halides is 3. The summed E-state index contributed by atoms with van der Waals surface area (Å²) < 4.78 is 48.7. The number of halogens is 3. The van der Waals surface area contributed by atoms with Gasteiger partial charge >= 0.3 is 6.18 Å². The van der Waals surface area contributed by atoms with E-state index in [1.54, 1.807) is 6.07 Å². The summed E-state index contributed by atoms with van der Waals surface area (Å²) in [6.45, 7) is 0.439. The number of ketones is 1. The predicted octanol–water partition coefficient (Wildman–Crippen LogP) is 2.65. The third kappa shape index (κ3) is 2.86. The first-order valence-electron chi connectivity index (χ1n) is 7.10. The van der Waals surface area contributed by atoms with E-state index in [0.717, 1.165) is 0 Å². The third-order valence-corrected chi connectivity index (χ3v) is 3.81. The topological polar surface area (TPSA) is 88.8 Å². The van der Waals surface area contributed by atoms with E-state index < -0.39 is 23.5 Å². The Morgan fingerprint density at radius 3 is 2.68 bits per heavy atom. The Hall–Kier alpha value is -2.81. The molecule has 0 aliphatic carbocycles. The number of carbonyl (C=O) groups excluding carboxylic acids is 2. The van der Waals surface area contributed by atoms with Gasteiger partial charge in [-0.1, -0.05) is 0 Å². The predicted molar refractivity (Wildman–Crippen MR) is 78.2 cm³/mol. The molecule has 0 spiro atoms. The van der Waals surface area contributed by atoms with Crippen molar-refractivity contribution in [1.29, 1.82) is 0 Å². The second-order valence-electron chi connectivity index (χ2n) is 5.63. The quantitative estimate of drug-likeness (QED) is 0.865. The highest BCUT2D eigenvalue weighted by atomic mass is 19.4. The largest absolute Gasteiger partial charge is 0.488 e. The number of hydrogen-bond acceptors (Lipinski definition) is 5. The van der Waals surface area contributed by atoms with E-state index in [-0.39, 0.29) is 29.4 Å². The second kappa shape index (κ2) is 5.62. The van der Waals surface area contributed by atoms with Gasteiger partial charge < -0.3 is 19.6 Å². The van der Waals surface area contributed by atoms with E-state index in [1.165, 1.54) is 24.5 Å². The van der Waals surface area contributed by atoms with Crippen LogP contribution in [-0.2, 0) is 11.4 Å². The zero-order chi connectivity index (χ0) is 18.4. The molecule has 2 aromatic rings. The molecule has 1 aromatic carbocycles. The monoisotopic (exact) mass is 355 g/mol. The maximum atomic E-state index is 12.7. The first kappa shape index (κ1) is 17.0. The Bertz CT molecular complexity index is 854. The van der Waals surface area contributed by atoms with Crippen molar-refractivity contribution in [3.05, 3.63) is 47.4 Å². The first-order chi connectivity index (χ1) is 11.6. The van der Waals surface area contributed by atoms with Gasteiger partial charge in [0.15, 0.2) is 5.76 Å². The number of anilines is 1. The highest BCUT2D eigenvalue weighted by Crippen LogP contribution is 2.33. The normalized spacial score (nSPS) is 16.1. The van der Waals surface area contributed by atoms with Crippen molar-refractivity contribution < 1.29 is 37.0 Å². The van der Waals surface area contributed by atoms with Gasteiger partial charge in [0, 0.05) is 11.3 Å². The van der Waals surface area contributed by atoms with Crippen LogP contribution in [0.1, 0.15) is 28.6 Å². The molecule has 0 fully saturated rings. The maximum absolute atomic E-state index is 12.7. The molecule has 9 heteroatoms. The molecular weight excluding hydrogens is 343 g/mol. The van der Waals surface area contributed by atoms with Gasteiger partial charge in [0.2, 0.25) is 11.4 Å². The van der Waals surface area contributed by atoms with Crippen molar-refractivity contribution >= 4 is 17.4 Å². The Morgan fingerprint density at radius 2 is 2.00 bits per heavy atom. The number of nitrogens with one attached hydrogen (secondary N) is 1. The van der Waals surface area contributed by atoms with Crippen LogP contribution in [0.5, 0.6) is 5.75 Å². The summed E-state index contributed by atoms with van der Waals surface area (Å²) in [6, 6.07) is 5.35. The number of benzene rings is 1. The van der Waals surface area contributed by atoms with Crippen LogP contribution in [0.2, 0.25) is 0 Å². The lowest BCUT2D eigenvalue weighted by Crippen LogP contribution is -2.52. The zero-order valence-electron chi connectivity index (χ0n) is 12.8. The summed E-state index contributed by atoms with van der Waals surface area (Å²) >= 11 is 0. The van der Waals surface area contributed by atoms with Gasteiger partial charge in [-0.2, -0.15) is 13.2 Å². The van der Waals surface area contributed by atoms with Crippen LogP contribution >= 0.6 is 0 Å². The lowest BCUT2D eigenvalue weighted by atomic mass is 10.0. The van der Waals surface area contributed by atoms with Gasteiger partial charge in [-0.05, 0) is 31.2 Å². The van der Waals surface area contributed by atoms with E-state index >= 15 is 0 Å². The lowest BCUT2D eigenvalue weighted by Gasteiger charge is -2.25. The minimum Gasteiger partial charge on any atom is -0.488 e. The average Bonchev–Trinajstić information content (AvgIpc) is 2.95. The molecule has 1 aliphatic heterocycles. The zero-order valence-corrected chi connectivity index (χ0v) is 12.8. The van der Waals surface area contributed by atoms with Crippen molar-refractivity contribution in [3.8, 4) is 5.75 Å². The van der Waals surface area contributed by atoms with Crippen molar-refractivity contribution in [1.82, 2.24) is 0 Å². The van der Waals surface area contributed by atoms with Gasteiger partial charge in [0.1, 0.15) is 12.4 Å². The van der Waals surface area contributed by atoms with Crippen LogP contribution in [0.15, 0.2) is 34.9 Å². The summed E-state index contributed by atoms with van der Waals surface area (Å²) in [5.41, 5.74) is -3.11. The van der Waals surface area contributed by atoms with E-state index in [2.05, 4.69) is 0 Å². The summed E-state index contributed by atoms with van der Waals surface area (Å²) in [4.78, 5) is 24.2. The van der Waals surface area contributed by atoms with Crippen molar-refractivity contribution in [2.24, 2.45) is 0 Å². The molecule has 1 aliphatic rings. The van der Waals surface area contributed by atoms with Gasteiger partial charge in [0.05, 0.1) is 11.8 Å². The number of fused-ring (bicyclic) bond motifs is 2. The molecule has 1 amide bonds. The molecule has 25 heavy (non-hydrogen) atoms. The Kier molecular flexibility index (Phi) is 3.83. The molecule has 1 aromatic heterocycles. The molecule has 1 atom stereocenters. The minimum atomic E-state index is -5.15. The first-order valence-corrected chi connectivity index (χ1v) is 7.10. The van der Waals surface area contributed by atoms with Gasteiger partial charge in [-0.15, -0.1) is 0 Å². The summed E-state index contributed by atoms with van der Waals surface area (Å²) in [5.74, 6) is -1.92. The molecule has 0 radical (unpaired) electrons. The highest BCUT2D eigenvalue weighted by Gasteiger charge is 2.55. The summed E-state index contributed by atoms with van der Waals surface area (Å²) in [7, 11) is 0. The number of furan rings is 1. The molecule has 3 rings (SSSR count).